The average Bonchev–Trinajstić information content (AvgIpc) is 2.46. The molecule has 1 aliphatic heterocycles. The molecule has 0 aromatic heterocycles. The molecule has 3 atom stereocenters. The molecule has 0 bridgehead atoms. The van der Waals surface area contributed by atoms with Gasteiger partial charge in [-0.05, 0) is 43.9 Å². The maximum absolute atomic E-state index is 10.4. The topological polar surface area (TPSA) is 50.7 Å². The van der Waals surface area contributed by atoms with Gasteiger partial charge in [0.25, 0.3) is 0 Å². The van der Waals surface area contributed by atoms with Crippen LogP contribution < -0.4 is 14.8 Å². The Kier molecular flexibility index (Phi) is 5.26. The van der Waals surface area contributed by atoms with Crippen LogP contribution in [0.25, 0.3) is 0 Å². The second-order valence-electron chi connectivity index (χ2n) is 5.56. The lowest BCUT2D eigenvalue weighted by Gasteiger charge is -2.30. The van der Waals surface area contributed by atoms with Crippen molar-refractivity contribution in [3.8, 4) is 11.5 Å². The molecule has 20 heavy (non-hydrogen) atoms. The Morgan fingerprint density at radius 1 is 1.25 bits per heavy atom. The largest absolute Gasteiger partial charge is 0.493 e. The summed E-state index contributed by atoms with van der Waals surface area (Å²) in [6, 6.07) is 6.54. The van der Waals surface area contributed by atoms with Gasteiger partial charge in [0.2, 0.25) is 0 Å². The van der Waals surface area contributed by atoms with Gasteiger partial charge in [-0.15, -0.1) is 0 Å². The first kappa shape index (κ1) is 15.1. The molecule has 112 valence electrons. The molecule has 3 unspecified atom stereocenters. The lowest BCUT2D eigenvalue weighted by atomic mass is 9.93. The average molecular weight is 279 g/mol. The van der Waals surface area contributed by atoms with Crippen molar-refractivity contribution in [3.63, 3.8) is 0 Å². The monoisotopic (exact) mass is 279 g/mol. The van der Waals surface area contributed by atoms with E-state index in [0.717, 1.165) is 18.4 Å². The van der Waals surface area contributed by atoms with Crippen LogP contribution in [0.2, 0.25) is 0 Å². The van der Waals surface area contributed by atoms with Gasteiger partial charge < -0.3 is 19.9 Å². The van der Waals surface area contributed by atoms with Crippen LogP contribution in [0.15, 0.2) is 18.2 Å². The van der Waals surface area contributed by atoms with Crippen LogP contribution in [0.5, 0.6) is 11.5 Å². The van der Waals surface area contributed by atoms with Gasteiger partial charge in [-0.1, -0.05) is 12.5 Å². The van der Waals surface area contributed by atoms with Gasteiger partial charge in [-0.2, -0.15) is 0 Å². The van der Waals surface area contributed by atoms with Crippen molar-refractivity contribution in [2.45, 2.75) is 50.8 Å². The number of hydrogen-bond donors (Lipinski definition) is 2. The molecule has 0 radical (unpaired) electrons. The Labute approximate surface area is 121 Å². The molecule has 2 rings (SSSR count). The zero-order valence-electron chi connectivity index (χ0n) is 12.6. The van der Waals surface area contributed by atoms with Gasteiger partial charge in [0, 0.05) is 12.1 Å². The molecule has 4 heteroatoms. The van der Waals surface area contributed by atoms with Gasteiger partial charge in [-0.3, -0.25) is 0 Å². The molecule has 0 amide bonds. The third kappa shape index (κ3) is 3.64. The van der Waals surface area contributed by atoms with Gasteiger partial charge >= 0.3 is 0 Å². The van der Waals surface area contributed by atoms with Crippen molar-refractivity contribution < 1.29 is 14.6 Å². The van der Waals surface area contributed by atoms with E-state index in [9.17, 15) is 5.11 Å². The standard InChI is InChI=1S/C16H25NO3/c1-11-5-4-6-13(17-11)10-14(18)12-7-8-15(19-2)16(9-12)20-3/h7-9,11,13-14,17-18H,4-6,10H2,1-3H3. The van der Waals surface area contributed by atoms with Crippen molar-refractivity contribution in [3.05, 3.63) is 23.8 Å². The summed E-state index contributed by atoms with van der Waals surface area (Å²) in [5.41, 5.74) is 0.877. The zero-order chi connectivity index (χ0) is 14.5. The predicted molar refractivity (Wildman–Crippen MR) is 79.4 cm³/mol. The van der Waals surface area contributed by atoms with E-state index >= 15 is 0 Å². The second-order valence-corrected chi connectivity index (χ2v) is 5.56. The van der Waals surface area contributed by atoms with E-state index < -0.39 is 6.10 Å². The number of methoxy groups -OCH3 is 2. The molecule has 0 spiro atoms. The van der Waals surface area contributed by atoms with E-state index in [4.69, 9.17) is 9.47 Å². The molecule has 0 aliphatic carbocycles. The summed E-state index contributed by atoms with van der Waals surface area (Å²) in [6.45, 7) is 2.20. The molecule has 1 aromatic carbocycles. The van der Waals surface area contributed by atoms with Crippen LogP contribution in [-0.2, 0) is 0 Å². The Morgan fingerprint density at radius 2 is 2.00 bits per heavy atom. The van der Waals surface area contributed by atoms with Crippen LogP contribution in [0.3, 0.4) is 0 Å². The highest BCUT2D eigenvalue weighted by Crippen LogP contribution is 2.32. The number of hydrogen-bond acceptors (Lipinski definition) is 4. The van der Waals surface area contributed by atoms with Crippen LogP contribution in [-0.4, -0.2) is 31.4 Å². The SMILES string of the molecule is COc1ccc(C(O)CC2CCCC(C)N2)cc1OC. The minimum Gasteiger partial charge on any atom is -0.493 e. The Balaban J connectivity index is 2.03. The van der Waals surface area contributed by atoms with Crippen molar-refractivity contribution in [1.82, 2.24) is 5.32 Å². The lowest BCUT2D eigenvalue weighted by Crippen LogP contribution is -2.41. The Hall–Kier alpha value is -1.26. The van der Waals surface area contributed by atoms with E-state index in [1.54, 1.807) is 14.2 Å². The summed E-state index contributed by atoms with van der Waals surface area (Å²) in [6.07, 6.45) is 3.85. The number of aliphatic hydroxyl groups excluding tert-OH is 1. The Morgan fingerprint density at radius 3 is 2.65 bits per heavy atom. The van der Waals surface area contributed by atoms with Crippen molar-refractivity contribution in [1.29, 1.82) is 0 Å². The maximum Gasteiger partial charge on any atom is 0.161 e. The highest BCUT2D eigenvalue weighted by molar-refractivity contribution is 5.43. The summed E-state index contributed by atoms with van der Waals surface area (Å²) < 4.78 is 10.5. The summed E-state index contributed by atoms with van der Waals surface area (Å²) in [5.74, 6) is 1.35. The van der Waals surface area contributed by atoms with Crippen LogP contribution in [0, 0.1) is 0 Å². The number of piperidine rings is 1. The molecule has 4 nitrogen and oxygen atoms in total. The highest BCUT2D eigenvalue weighted by Gasteiger charge is 2.22. The summed E-state index contributed by atoms with van der Waals surface area (Å²) in [4.78, 5) is 0. The van der Waals surface area contributed by atoms with Gasteiger partial charge in [0.1, 0.15) is 0 Å². The summed E-state index contributed by atoms with van der Waals surface area (Å²) in [5, 5.41) is 14.0. The van der Waals surface area contributed by atoms with Gasteiger partial charge in [-0.25, -0.2) is 0 Å². The molecule has 1 aromatic rings. The van der Waals surface area contributed by atoms with Crippen LogP contribution in [0.4, 0.5) is 0 Å². The second kappa shape index (κ2) is 6.95. The zero-order valence-corrected chi connectivity index (χ0v) is 12.6. The third-order valence-electron chi connectivity index (χ3n) is 4.01. The van der Waals surface area contributed by atoms with E-state index in [0.29, 0.717) is 23.6 Å². The van der Waals surface area contributed by atoms with Gasteiger partial charge in [0.15, 0.2) is 11.5 Å². The fourth-order valence-electron chi connectivity index (χ4n) is 2.89. The fourth-order valence-corrected chi connectivity index (χ4v) is 2.89. The number of benzene rings is 1. The molecule has 1 aliphatic rings. The number of nitrogens with one attached hydrogen (secondary N) is 1. The van der Waals surface area contributed by atoms with Crippen LogP contribution >= 0.6 is 0 Å². The lowest BCUT2D eigenvalue weighted by molar-refractivity contribution is 0.139. The highest BCUT2D eigenvalue weighted by atomic mass is 16.5. The molecule has 1 fully saturated rings. The minimum atomic E-state index is -0.474. The number of rotatable bonds is 5. The van der Waals surface area contributed by atoms with E-state index in [2.05, 4.69) is 12.2 Å². The van der Waals surface area contributed by atoms with Crippen molar-refractivity contribution in [2.24, 2.45) is 0 Å². The predicted octanol–water partition coefficient (Wildman–Crippen LogP) is 2.66. The molecular weight excluding hydrogens is 254 g/mol. The maximum atomic E-state index is 10.4. The summed E-state index contributed by atoms with van der Waals surface area (Å²) >= 11 is 0. The fraction of sp³-hybridized carbons (Fsp3) is 0.625. The Bertz CT molecular complexity index is 436. The van der Waals surface area contributed by atoms with Crippen LogP contribution in [0.1, 0.15) is 44.3 Å². The minimum absolute atomic E-state index is 0.391. The third-order valence-corrected chi connectivity index (χ3v) is 4.01. The molecule has 0 saturated carbocycles. The van der Waals surface area contributed by atoms with E-state index in [1.165, 1.54) is 12.8 Å². The smallest absolute Gasteiger partial charge is 0.161 e. The van der Waals surface area contributed by atoms with E-state index in [1.807, 2.05) is 18.2 Å². The molecular formula is C16H25NO3. The first-order valence-electron chi connectivity index (χ1n) is 7.30. The first-order chi connectivity index (χ1) is 9.63. The quantitative estimate of drug-likeness (QED) is 0.870. The molecule has 1 heterocycles. The molecule has 1 saturated heterocycles. The number of ether oxygens (including phenoxy) is 2. The van der Waals surface area contributed by atoms with Crippen molar-refractivity contribution in [2.75, 3.05) is 14.2 Å². The van der Waals surface area contributed by atoms with Gasteiger partial charge in [0.05, 0.1) is 20.3 Å². The normalized spacial score (nSPS) is 24.2. The van der Waals surface area contributed by atoms with E-state index in [-0.39, 0.29) is 0 Å². The number of aliphatic hydroxyl groups is 1. The molecule has 2 N–H and O–H groups in total. The first-order valence-corrected chi connectivity index (χ1v) is 7.30. The summed E-state index contributed by atoms with van der Waals surface area (Å²) in [7, 11) is 3.22. The van der Waals surface area contributed by atoms with Crippen molar-refractivity contribution >= 4 is 0 Å².